The van der Waals surface area contributed by atoms with Gasteiger partial charge in [0, 0.05) is 50.8 Å². The van der Waals surface area contributed by atoms with E-state index in [4.69, 9.17) is 9.73 Å². The lowest BCUT2D eigenvalue weighted by Crippen LogP contribution is -2.51. The molecule has 2 fully saturated rings. The standard InChI is InChI=1S/C21H37N5OS.HI/c1-4-22-21(23-13-17(2)26-10-11-27-15-18(26)3)24-20-5-8-25(9-6-20)14-19-7-12-28-16-19;/h7,12,16-18,20H,4-6,8-11,13-15H2,1-3H3,(H2,22,23,24);1H. The molecule has 3 heterocycles. The molecule has 1 aromatic heterocycles. The largest absolute Gasteiger partial charge is 0.379 e. The molecular weight excluding hydrogens is 497 g/mol. The minimum absolute atomic E-state index is 0. The Kier molecular flexibility index (Phi) is 11.2. The maximum absolute atomic E-state index is 5.56. The molecule has 2 aliphatic rings. The smallest absolute Gasteiger partial charge is 0.191 e. The molecule has 166 valence electrons. The number of ether oxygens (including phenoxy) is 1. The second kappa shape index (κ2) is 13.1. The summed E-state index contributed by atoms with van der Waals surface area (Å²) < 4.78 is 5.56. The molecule has 0 aromatic carbocycles. The molecule has 2 unspecified atom stereocenters. The number of halogens is 1. The van der Waals surface area contributed by atoms with E-state index in [1.807, 2.05) is 0 Å². The average Bonchev–Trinajstić information content (AvgIpc) is 3.21. The second-order valence-corrected chi connectivity index (χ2v) is 8.84. The summed E-state index contributed by atoms with van der Waals surface area (Å²) in [5, 5.41) is 11.5. The van der Waals surface area contributed by atoms with Crippen molar-refractivity contribution in [3.05, 3.63) is 22.4 Å². The van der Waals surface area contributed by atoms with Gasteiger partial charge in [0.15, 0.2) is 5.96 Å². The van der Waals surface area contributed by atoms with E-state index in [0.29, 0.717) is 18.1 Å². The molecule has 2 aliphatic heterocycles. The summed E-state index contributed by atoms with van der Waals surface area (Å²) in [6, 6.07) is 3.65. The van der Waals surface area contributed by atoms with Crippen LogP contribution in [0.4, 0.5) is 0 Å². The molecule has 0 bridgehead atoms. The van der Waals surface area contributed by atoms with Crippen molar-refractivity contribution in [2.45, 2.75) is 58.3 Å². The number of morpholine rings is 1. The van der Waals surface area contributed by atoms with Crippen molar-refractivity contribution in [2.24, 2.45) is 4.99 Å². The molecule has 0 amide bonds. The van der Waals surface area contributed by atoms with Gasteiger partial charge in [-0.25, -0.2) is 0 Å². The third-order valence-corrected chi connectivity index (χ3v) is 6.49. The number of guanidine groups is 1. The van der Waals surface area contributed by atoms with Crippen LogP contribution in [0.15, 0.2) is 21.8 Å². The normalized spacial score (nSPS) is 23.4. The van der Waals surface area contributed by atoms with E-state index in [2.05, 4.69) is 58.0 Å². The zero-order valence-corrected chi connectivity index (χ0v) is 21.2. The van der Waals surface area contributed by atoms with Crippen LogP contribution in [-0.2, 0) is 11.3 Å². The summed E-state index contributed by atoms with van der Waals surface area (Å²) in [6.45, 7) is 14.4. The molecule has 2 saturated heterocycles. The molecule has 6 nitrogen and oxygen atoms in total. The molecular formula is C21H38IN5OS. The number of likely N-dealkylation sites (tertiary alicyclic amines) is 1. The Bertz CT molecular complexity index is 592. The quantitative estimate of drug-likeness (QED) is 0.320. The average molecular weight is 536 g/mol. The van der Waals surface area contributed by atoms with Gasteiger partial charge in [-0.3, -0.25) is 14.8 Å². The van der Waals surface area contributed by atoms with E-state index in [-0.39, 0.29) is 24.0 Å². The van der Waals surface area contributed by atoms with Gasteiger partial charge in [0.25, 0.3) is 0 Å². The third kappa shape index (κ3) is 7.97. The first-order valence-electron chi connectivity index (χ1n) is 10.8. The van der Waals surface area contributed by atoms with Gasteiger partial charge in [0.05, 0.1) is 19.8 Å². The van der Waals surface area contributed by atoms with Crippen LogP contribution in [0, 0.1) is 0 Å². The molecule has 0 aliphatic carbocycles. The Morgan fingerprint density at radius 1 is 1.34 bits per heavy atom. The van der Waals surface area contributed by atoms with Gasteiger partial charge < -0.3 is 15.4 Å². The first kappa shape index (κ1) is 24.8. The van der Waals surface area contributed by atoms with E-state index >= 15 is 0 Å². The molecule has 1 aromatic rings. The van der Waals surface area contributed by atoms with Crippen molar-refractivity contribution in [2.75, 3.05) is 45.9 Å². The molecule has 2 N–H and O–H groups in total. The zero-order valence-electron chi connectivity index (χ0n) is 18.1. The van der Waals surface area contributed by atoms with Crippen molar-refractivity contribution in [1.29, 1.82) is 0 Å². The zero-order chi connectivity index (χ0) is 19.8. The Hall–Kier alpha value is -0.420. The van der Waals surface area contributed by atoms with Gasteiger partial charge in [-0.1, -0.05) is 0 Å². The molecule has 3 rings (SSSR count). The fourth-order valence-electron chi connectivity index (χ4n) is 4.11. The van der Waals surface area contributed by atoms with E-state index in [1.54, 1.807) is 11.3 Å². The minimum Gasteiger partial charge on any atom is -0.379 e. The Morgan fingerprint density at radius 2 is 2.14 bits per heavy atom. The second-order valence-electron chi connectivity index (χ2n) is 8.06. The van der Waals surface area contributed by atoms with Crippen molar-refractivity contribution in [3.63, 3.8) is 0 Å². The van der Waals surface area contributed by atoms with E-state index in [9.17, 15) is 0 Å². The summed E-state index contributed by atoms with van der Waals surface area (Å²) in [5.74, 6) is 0.964. The number of nitrogens with one attached hydrogen (secondary N) is 2. The molecule has 29 heavy (non-hydrogen) atoms. The predicted octanol–water partition coefficient (Wildman–Crippen LogP) is 2.99. The van der Waals surface area contributed by atoms with Crippen LogP contribution in [-0.4, -0.2) is 79.8 Å². The minimum atomic E-state index is 0. The molecule has 0 saturated carbocycles. The van der Waals surface area contributed by atoms with Gasteiger partial charge in [-0.05, 0) is 56.0 Å². The van der Waals surface area contributed by atoms with Crippen LogP contribution in [0.1, 0.15) is 39.2 Å². The Balaban J connectivity index is 0.00000300. The van der Waals surface area contributed by atoms with Crippen molar-refractivity contribution < 1.29 is 4.74 Å². The van der Waals surface area contributed by atoms with Crippen LogP contribution < -0.4 is 10.6 Å². The number of thiophene rings is 1. The lowest BCUT2D eigenvalue weighted by Gasteiger charge is -2.37. The van der Waals surface area contributed by atoms with Crippen LogP contribution in [0.3, 0.4) is 0 Å². The van der Waals surface area contributed by atoms with Crippen LogP contribution in [0.5, 0.6) is 0 Å². The maximum atomic E-state index is 5.56. The highest BCUT2D eigenvalue weighted by molar-refractivity contribution is 14.0. The highest BCUT2D eigenvalue weighted by Crippen LogP contribution is 2.16. The fourth-order valence-corrected chi connectivity index (χ4v) is 4.77. The molecule has 8 heteroatoms. The number of nitrogens with zero attached hydrogens (tertiary/aromatic N) is 3. The Labute approximate surface area is 197 Å². The van der Waals surface area contributed by atoms with Crippen LogP contribution in [0.25, 0.3) is 0 Å². The summed E-state index contributed by atoms with van der Waals surface area (Å²) >= 11 is 1.79. The fraction of sp³-hybridized carbons (Fsp3) is 0.762. The van der Waals surface area contributed by atoms with Crippen molar-refractivity contribution in [1.82, 2.24) is 20.4 Å². The van der Waals surface area contributed by atoms with E-state index in [0.717, 1.165) is 58.4 Å². The van der Waals surface area contributed by atoms with Crippen LogP contribution in [0.2, 0.25) is 0 Å². The highest BCUT2D eigenvalue weighted by Gasteiger charge is 2.24. The predicted molar refractivity (Wildman–Crippen MR) is 134 cm³/mol. The molecule has 0 spiro atoms. The van der Waals surface area contributed by atoms with E-state index < -0.39 is 0 Å². The first-order chi connectivity index (χ1) is 13.7. The lowest BCUT2D eigenvalue weighted by atomic mass is 10.0. The van der Waals surface area contributed by atoms with Gasteiger partial charge in [0.1, 0.15) is 0 Å². The number of hydrogen-bond acceptors (Lipinski definition) is 5. The monoisotopic (exact) mass is 535 g/mol. The number of aliphatic imine (C=N–C) groups is 1. The molecule has 2 atom stereocenters. The van der Waals surface area contributed by atoms with Gasteiger partial charge in [-0.15, -0.1) is 24.0 Å². The van der Waals surface area contributed by atoms with Gasteiger partial charge in [0.2, 0.25) is 0 Å². The summed E-state index contributed by atoms with van der Waals surface area (Å²) in [4.78, 5) is 9.97. The first-order valence-corrected chi connectivity index (χ1v) is 11.7. The van der Waals surface area contributed by atoms with Crippen molar-refractivity contribution in [3.8, 4) is 0 Å². The number of hydrogen-bond donors (Lipinski definition) is 2. The van der Waals surface area contributed by atoms with Crippen molar-refractivity contribution >= 4 is 41.3 Å². The lowest BCUT2D eigenvalue weighted by molar-refractivity contribution is -0.0165. The number of rotatable bonds is 7. The highest BCUT2D eigenvalue weighted by atomic mass is 127. The maximum Gasteiger partial charge on any atom is 0.191 e. The Morgan fingerprint density at radius 3 is 2.79 bits per heavy atom. The van der Waals surface area contributed by atoms with Gasteiger partial charge >= 0.3 is 0 Å². The van der Waals surface area contributed by atoms with Gasteiger partial charge in [-0.2, -0.15) is 11.3 Å². The summed E-state index contributed by atoms with van der Waals surface area (Å²) in [7, 11) is 0. The third-order valence-electron chi connectivity index (χ3n) is 5.76. The summed E-state index contributed by atoms with van der Waals surface area (Å²) in [6.07, 6.45) is 2.34. The van der Waals surface area contributed by atoms with E-state index in [1.165, 1.54) is 18.4 Å². The molecule has 0 radical (unpaired) electrons. The topological polar surface area (TPSA) is 52.1 Å². The number of piperidine rings is 1. The van der Waals surface area contributed by atoms with Crippen LogP contribution >= 0.6 is 35.3 Å². The SMILES string of the molecule is CCNC(=NCC(C)N1CCOCC1C)NC1CCN(Cc2ccsc2)CC1.I. The summed E-state index contributed by atoms with van der Waals surface area (Å²) in [5.41, 5.74) is 1.44.